The maximum absolute atomic E-state index is 13.2. The van der Waals surface area contributed by atoms with Gasteiger partial charge in [0, 0.05) is 25.4 Å². The number of aromatic nitrogens is 1. The molecule has 1 aliphatic heterocycles. The van der Waals surface area contributed by atoms with Gasteiger partial charge in [0.1, 0.15) is 10.7 Å². The first kappa shape index (κ1) is 16.6. The van der Waals surface area contributed by atoms with Gasteiger partial charge in [0.15, 0.2) is 11.6 Å². The van der Waals surface area contributed by atoms with Crippen LogP contribution in [0, 0.1) is 17.6 Å². The third-order valence-corrected chi connectivity index (χ3v) is 5.32. The fraction of sp³-hybridized carbons (Fsp3) is 0.312. The van der Waals surface area contributed by atoms with Crippen LogP contribution in [0.1, 0.15) is 13.3 Å². The first-order valence-corrected chi connectivity index (χ1v) is 9.02. The minimum absolute atomic E-state index is 0.0387. The lowest BCUT2D eigenvalue weighted by molar-refractivity contribution is 0.509. The van der Waals surface area contributed by atoms with E-state index in [1.165, 1.54) is 12.3 Å². The Balaban J connectivity index is 1.78. The number of nitrogens with zero attached hydrogens (tertiary/aromatic N) is 2. The first-order chi connectivity index (χ1) is 11.3. The third-order valence-electron chi connectivity index (χ3n) is 3.95. The maximum Gasteiger partial charge on any atom is 0.263 e. The molecule has 0 aliphatic carbocycles. The summed E-state index contributed by atoms with van der Waals surface area (Å²) in [5, 5.41) is 0. The zero-order valence-electron chi connectivity index (χ0n) is 13.0. The molecule has 1 N–H and O–H groups in total. The second-order valence-corrected chi connectivity index (χ2v) is 7.61. The number of rotatable bonds is 4. The number of pyridine rings is 1. The van der Waals surface area contributed by atoms with Crippen LogP contribution >= 0.6 is 0 Å². The molecule has 2 aromatic rings. The lowest BCUT2D eigenvalue weighted by Crippen LogP contribution is -2.20. The Morgan fingerprint density at radius 2 is 2.00 bits per heavy atom. The van der Waals surface area contributed by atoms with E-state index in [9.17, 15) is 17.2 Å². The van der Waals surface area contributed by atoms with Gasteiger partial charge in [0.25, 0.3) is 10.0 Å². The van der Waals surface area contributed by atoms with Crippen molar-refractivity contribution in [2.45, 2.75) is 18.2 Å². The van der Waals surface area contributed by atoms with Crippen molar-refractivity contribution in [3.8, 4) is 0 Å². The summed E-state index contributed by atoms with van der Waals surface area (Å²) in [6.07, 6.45) is 2.35. The van der Waals surface area contributed by atoms with Crippen molar-refractivity contribution in [2.24, 2.45) is 5.92 Å². The Morgan fingerprint density at radius 3 is 2.58 bits per heavy atom. The lowest BCUT2D eigenvalue weighted by Gasteiger charge is -2.17. The minimum Gasteiger partial charge on any atom is -0.356 e. The van der Waals surface area contributed by atoms with E-state index < -0.39 is 21.7 Å². The predicted molar refractivity (Wildman–Crippen MR) is 87.4 cm³/mol. The Morgan fingerprint density at radius 1 is 1.21 bits per heavy atom. The number of sulfonamides is 1. The quantitative estimate of drug-likeness (QED) is 0.918. The zero-order chi connectivity index (χ0) is 17.3. The molecule has 3 rings (SSSR count). The highest BCUT2D eigenvalue weighted by Crippen LogP contribution is 2.23. The van der Waals surface area contributed by atoms with Crippen molar-refractivity contribution in [1.82, 2.24) is 4.98 Å². The Hall–Kier alpha value is -2.22. The molecule has 1 unspecified atom stereocenters. The van der Waals surface area contributed by atoms with Gasteiger partial charge in [-0.25, -0.2) is 22.2 Å². The molecule has 1 aromatic carbocycles. The van der Waals surface area contributed by atoms with E-state index in [0.29, 0.717) is 5.92 Å². The monoisotopic (exact) mass is 353 g/mol. The van der Waals surface area contributed by atoms with Crippen molar-refractivity contribution in [2.75, 3.05) is 22.7 Å². The number of hydrogen-bond donors (Lipinski definition) is 1. The molecular formula is C16H17F2N3O2S. The van der Waals surface area contributed by atoms with Gasteiger partial charge >= 0.3 is 0 Å². The van der Waals surface area contributed by atoms with E-state index in [1.807, 2.05) is 0 Å². The second kappa shape index (κ2) is 6.35. The van der Waals surface area contributed by atoms with Crippen LogP contribution < -0.4 is 9.62 Å². The summed E-state index contributed by atoms with van der Waals surface area (Å²) in [4.78, 5) is 6.27. The van der Waals surface area contributed by atoms with Crippen molar-refractivity contribution >= 4 is 21.5 Å². The maximum atomic E-state index is 13.2. The Labute approximate surface area is 139 Å². The molecule has 1 aromatic heterocycles. The summed E-state index contributed by atoms with van der Waals surface area (Å²) >= 11 is 0. The summed E-state index contributed by atoms with van der Waals surface area (Å²) in [7, 11) is -3.91. The van der Waals surface area contributed by atoms with Crippen molar-refractivity contribution < 1.29 is 17.2 Å². The summed E-state index contributed by atoms with van der Waals surface area (Å²) in [6, 6.07) is 5.91. The average Bonchev–Trinajstić information content (AvgIpc) is 2.97. The number of halogens is 2. The van der Waals surface area contributed by atoms with Gasteiger partial charge in [0.2, 0.25) is 0 Å². The fourth-order valence-electron chi connectivity index (χ4n) is 2.64. The van der Waals surface area contributed by atoms with Crippen LogP contribution in [0.4, 0.5) is 20.3 Å². The lowest BCUT2D eigenvalue weighted by atomic mass is 10.2. The van der Waals surface area contributed by atoms with Crippen LogP contribution in [0.2, 0.25) is 0 Å². The van der Waals surface area contributed by atoms with E-state index in [2.05, 4.69) is 21.5 Å². The van der Waals surface area contributed by atoms with Crippen LogP contribution in [0.15, 0.2) is 41.4 Å². The number of anilines is 2. The van der Waals surface area contributed by atoms with Crippen molar-refractivity contribution in [3.63, 3.8) is 0 Å². The molecule has 24 heavy (non-hydrogen) atoms. The zero-order valence-corrected chi connectivity index (χ0v) is 13.9. The first-order valence-electron chi connectivity index (χ1n) is 7.54. The van der Waals surface area contributed by atoms with Crippen molar-refractivity contribution in [3.05, 3.63) is 48.2 Å². The van der Waals surface area contributed by atoms with E-state index in [-0.39, 0.29) is 10.6 Å². The minimum atomic E-state index is -3.91. The highest BCUT2D eigenvalue weighted by Gasteiger charge is 2.21. The molecule has 1 atom stereocenters. The largest absolute Gasteiger partial charge is 0.356 e. The standard InChI is InChI=1S/C16H17F2N3O2S/c1-11-6-7-21(10-11)16-5-3-13(9-19-16)24(22,23)20-12-2-4-14(17)15(18)8-12/h2-5,8-9,11,20H,6-7,10H2,1H3. The highest BCUT2D eigenvalue weighted by molar-refractivity contribution is 7.92. The van der Waals surface area contributed by atoms with E-state index in [0.717, 1.165) is 43.5 Å². The number of hydrogen-bond acceptors (Lipinski definition) is 4. The molecule has 128 valence electrons. The molecule has 8 heteroatoms. The molecule has 2 heterocycles. The summed E-state index contributed by atoms with van der Waals surface area (Å²) < 4.78 is 52.9. The summed E-state index contributed by atoms with van der Waals surface area (Å²) in [5.41, 5.74) is -0.0497. The van der Waals surface area contributed by atoms with E-state index >= 15 is 0 Å². The summed E-state index contributed by atoms with van der Waals surface area (Å²) in [5.74, 6) is -0.841. The average molecular weight is 353 g/mol. The van der Waals surface area contributed by atoms with Crippen LogP contribution in [0.25, 0.3) is 0 Å². The van der Waals surface area contributed by atoms with Gasteiger partial charge in [0.05, 0.1) is 5.69 Å². The third kappa shape index (κ3) is 3.48. The van der Waals surface area contributed by atoms with Gasteiger partial charge in [-0.1, -0.05) is 6.92 Å². The summed E-state index contributed by atoms with van der Waals surface area (Å²) in [6.45, 7) is 3.95. The second-order valence-electron chi connectivity index (χ2n) is 5.93. The topological polar surface area (TPSA) is 62.3 Å². The van der Waals surface area contributed by atoms with Crippen LogP contribution in [-0.2, 0) is 10.0 Å². The van der Waals surface area contributed by atoms with Gasteiger partial charge in [-0.15, -0.1) is 0 Å². The molecule has 5 nitrogen and oxygen atoms in total. The molecule has 1 fully saturated rings. The van der Waals surface area contributed by atoms with Crippen LogP contribution in [-0.4, -0.2) is 26.5 Å². The van der Waals surface area contributed by atoms with E-state index in [4.69, 9.17) is 0 Å². The molecule has 0 radical (unpaired) electrons. The molecule has 1 saturated heterocycles. The molecule has 0 bridgehead atoms. The highest BCUT2D eigenvalue weighted by atomic mass is 32.2. The molecule has 0 amide bonds. The SMILES string of the molecule is CC1CCN(c2ccc(S(=O)(=O)Nc3ccc(F)c(F)c3)cn2)C1. The van der Waals surface area contributed by atoms with Crippen LogP contribution in [0.3, 0.4) is 0 Å². The predicted octanol–water partition coefficient (Wildman–Crippen LogP) is 3.01. The van der Waals surface area contributed by atoms with Gasteiger partial charge in [-0.05, 0) is 36.6 Å². The number of benzene rings is 1. The fourth-order valence-corrected chi connectivity index (χ4v) is 3.63. The molecule has 0 saturated carbocycles. The van der Waals surface area contributed by atoms with Crippen molar-refractivity contribution in [1.29, 1.82) is 0 Å². The van der Waals surface area contributed by atoms with Gasteiger partial charge in [-0.2, -0.15) is 0 Å². The van der Waals surface area contributed by atoms with Gasteiger partial charge < -0.3 is 4.90 Å². The smallest absolute Gasteiger partial charge is 0.263 e. The van der Waals surface area contributed by atoms with E-state index in [1.54, 1.807) is 6.07 Å². The Bertz CT molecular complexity index is 841. The molecular weight excluding hydrogens is 336 g/mol. The number of nitrogens with one attached hydrogen (secondary N) is 1. The Kier molecular flexibility index (Phi) is 4.40. The normalized spacial score (nSPS) is 18.0. The van der Waals surface area contributed by atoms with Crippen LogP contribution in [0.5, 0.6) is 0 Å². The van der Waals surface area contributed by atoms with Gasteiger partial charge in [-0.3, -0.25) is 4.72 Å². The molecule has 1 aliphatic rings. The molecule has 0 spiro atoms.